The molecule has 0 bridgehead atoms. The zero-order chi connectivity index (χ0) is 10.1. The Morgan fingerprint density at radius 1 is 0.933 bits per heavy atom. The van der Waals surface area contributed by atoms with Gasteiger partial charge >= 0.3 is 0 Å². The van der Waals surface area contributed by atoms with Gasteiger partial charge in [-0.15, -0.1) is 0 Å². The van der Waals surface area contributed by atoms with Gasteiger partial charge in [-0.2, -0.15) is 0 Å². The number of nitrogens with zero attached hydrogens (tertiary/aromatic N) is 2. The van der Waals surface area contributed by atoms with E-state index >= 15 is 0 Å². The molecule has 72 valence electrons. The largest absolute Gasteiger partial charge is 0.247 e. The van der Waals surface area contributed by atoms with Crippen molar-refractivity contribution >= 4 is 22.4 Å². The summed E-state index contributed by atoms with van der Waals surface area (Å²) in [5.74, 6) is 0. The Kier molecular flexibility index (Phi) is 1.96. The van der Waals surface area contributed by atoms with Gasteiger partial charge in [0.25, 0.3) is 0 Å². The summed E-state index contributed by atoms with van der Waals surface area (Å²) in [5, 5.41) is 1.17. The molecule has 3 heteroatoms. The van der Waals surface area contributed by atoms with Crippen molar-refractivity contribution in [2.75, 3.05) is 0 Å². The molecule has 2 nitrogen and oxygen atoms in total. The highest BCUT2D eigenvalue weighted by atomic mass is 32.1. The normalized spacial score (nSPS) is 10.7. The Balaban J connectivity index is 2.22. The molecule has 0 atom stereocenters. The van der Waals surface area contributed by atoms with E-state index in [4.69, 9.17) is 0 Å². The van der Waals surface area contributed by atoms with Crippen molar-refractivity contribution in [3.63, 3.8) is 0 Å². The van der Waals surface area contributed by atoms with E-state index in [0.29, 0.717) is 0 Å². The van der Waals surface area contributed by atoms with Gasteiger partial charge in [0.1, 0.15) is 0 Å². The van der Waals surface area contributed by atoms with Crippen LogP contribution < -0.4 is 0 Å². The van der Waals surface area contributed by atoms with Crippen molar-refractivity contribution in [3.05, 3.63) is 48.7 Å². The predicted octanol–water partition coefficient (Wildman–Crippen LogP) is 3.36. The molecule has 0 amide bonds. The van der Waals surface area contributed by atoms with Gasteiger partial charge in [-0.25, -0.2) is 9.36 Å². The fraction of sp³-hybridized carbons (Fsp3) is 0. The molecule has 0 unspecified atom stereocenters. The molecule has 0 aliphatic heterocycles. The van der Waals surface area contributed by atoms with Crippen LogP contribution in [0.4, 0.5) is 0 Å². The summed E-state index contributed by atoms with van der Waals surface area (Å²) in [6.07, 6.45) is 1.80. The maximum absolute atomic E-state index is 4.59. The molecule has 15 heavy (non-hydrogen) atoms. The quantitative estimate of drug-likeness (QED) is 0.618. The minimum atomic E-state index is 0.996. The summed E-state index contributed by atoms with van der Waals surface area (Å²) in [5.41, 5.74) is 2.03. The molecule has 0 saturated heterocycles. The molecule has 2 heterocycles. The van der Waals surface area contributed by atoms with Gasteiger partial charge in [0, 0.05) is 11.6 Å². The van der Waals surface area contributed by atoms with Crippen molar-refractivity contribution in [1.82, 2.24) is 9.36 Å². The number of rotatable bonds is 1. The molecule has 0 aliphatic carbocycles. The lowest BCUT2D eigenvalue weighted by Crippen LogP contribution is -1.81. The predicted molar refractivity (Wildman–Crippen MR) is 62.9 cm³/mol. The lowest BCUT2D eigenvalue weighted by Gasteiger charge is -1.99. The van der Waals surface area contributed by atoms with E-state index in [-0.39, 0.29) is 0 Å². The van der Waals surface area contributed by atoms with Crippen LogP contribution in [0.3, 0.4) is 0 Å². The highest BCUT2D eigenvalue weighted by Crippen LogP contribution is 2.23. The summed E-state index contributed by atoms with van der Waals surface area (Å²) in [6, 6.07) is 14.2. The first kappa shape index (κ1) is 8.56. The summed E-state index contributed by atoms with van der Waals surface area (Å²) < 4.78 is 4.08. The van der Waals surface area contributed by atoms with Crippen LogP contribution in [0.5, 0.6) is 0 Å². The van der Waals surface area contributed by atoms with E-state index in [2.05, 4.69) is 21.5 Å². The zero-order valence-electron chi connectivity index (χ0n) is 7.92. The second kappa shape index (κ2) is 3.44. The fourth-order valence-electron chi connectivity index (χ4n) is 1.55. The average Bonchev–Trinajstić information content (AvgIpc) is 2.82. The standard InChI is InChI=1S/C12H8N2S/c1-2-4-10-9(3-1)5-6-11(14-10)12-7-8-13-15-12/h1-8H. The van der Waals surface area contributed by atoms with Crippen LogP contribution in [0.15, 0.2) is 48.7 Å². The molecule has 0 spiro atoms. The molecule has 1 aromatic carbocycles. The van der Waals surface area contributed by atoms with Gasteiger partial charge < -0.3 is 0 Å². The van der Waals surface area contributed by atoms with E-state index in [1.54, 1.807) is 6.20 Å². The Morgan fingerprint density at radius 2 is 1.87 bits per heavy atom. The minimum absolute atomic E-state index is 0.996. The van der Waals surface area contributed by atoms with Gasteiger partial charge in [0.15, 0.2) is 0 Å². The highest BCUT2D eigenvalue weighted by Gasteiger charge is 2.01. The molecule has 0 N–H and O–H groups in total. The van der Waals surface area contributed by atoms with Crippen LogP contribution in [-0.4, -0.2) is 9.36 Å². The Labute approximate surface area is 91.4 Å². The number of para-hydroxylation sites is 1. The van der Waals surface area contributed by atoms with Crippen LogP contribution in [0, 0.1) is 0 Å². The Morgan fingerprint density at radius 3 is 2.73 bits per heavy atom. The molecule has 3 rings (SSSR count). The molecule has 0 saturated carbocycles. The number of pyridine rings is 1. The van der Waals surface area contributed by atoms with Crippen molar-refractivity contribution in [1.29, 1.82) is 0 Å². The van der Waals surface area contributed by atoms with E-state index < -0.39 is 0 Å². The van der Waals surface area contributed by atoms with Crippen molar-refractivity contribution in [2.24, 2.45) is 0 Å². The maximum atomic E-state index is 4.59. The molecule has 3 aromatic rings. The topological polar surface area (TPSA) is 25.8 Å². The molecule has 0 radical (unpaired) electrons. The van der Waals surface area contributed by atoms with Crippen LogP contribution >= 0.6 is 11.5 Å². The highest BCUT2D eigenvalue weighted by molar-refractivity contribution is 7.09. The summed E-state index contributed by atoms with van der Waals surface area (Å²) in [6.45, 7) is 0. The third-order valence-corrected chi connectivity index (χ3v) is 3.06. The molecule has 0 aliphatic rings. The third kappa shape index (κ3) is 1.51. The summed E-state index contributed by atoms with van der Waals surface area (Å²) in [7, 11) is 0. The van der Waals surface area contributed by atoms with Crippen molar-refractivity contribution < 1.29 is 0 Å². The number of aromatic nitrogens is 2. The summed E-state index contributed by atoms with van der Waals surface area (Å²) in [4.78, 5) is 5.70. The lowest BCUT2D eigenvalue weighted by atomic mass is 10.2. The Hall–Kier alpha value is -1.74. The first-order valence-electron chi connectivity index (χ1n) is 4.70. The zero-order valence-corrected chi connectivity index (χ0v) is 8.74. The van der Waals surface area contributed by atoms with Gasteiger partial charge in [0.2, 0.25) is 0 Å². The second-order valence-corrected chi connectivity index (χ2v) is 4.10. The van der Waals surface area contributed by atoms with E-state index in [9.17, 15) is 0 Å². The van der Waals surface area contributed by atoms with E-state index in [1.807, 2.05) is 30.3 Å². The maximum Gasteiger partial charge on any atom is 0.0825 e. The van der Waals surface area contributed by atoms with E-state index in [1.165, 1.54) is 16.9 Å². The average molecular weight is 212 g/mol. The van der Waals surface area contributed by atoms with Crippen LogP contribution in [0.2, 0.25) is 0 Å². The molecule has 2 aromatic heterocycles. The second-order valence-electron chi connectivity index (χ2n) is 3.27. The third-order valence-electron chi connectivity index (χ3n) is 2.29. The van der Waals surface area contributed by atoms with Crippen molar-refractivity contribution in [3.8, 4) is 10.6 Å². The van der Waals surface area contributed by atoms with E-state index in [0.717, 1.165) is 16.1 Å². The number of fused-ring (bicyclic) bond motifs is 1. The summed E-state index contributed by atoms with van der Waals surface area (Å²) >= 11 is 1.47. The van der Waals surface area contributed by atoms with Crippen LogP contribution in [0.25, 0.3) is 21.5 Å². The van der Waals surface area contributed by atoms with Gasteiger partial charge in [-0.05, 0) is 29.7 Å². The first-order valence-corrected chi connectivity index (χ1v) is 5.48. The van der Waals surface area contributed by atoms with Crippen molar-refractivity contribution in [2.45, 2.75) is 0 Å². The lowest BCUT2D eigenvalue weighted by molar-refractivity contribution is 1.42. The molecule has 0 fully saturated rings. The number of benzene rings is 1. The number of hydrogen-bond donors (Lipinski definition) is 0. The van der Waals surface area contributed by atoms with Gasteiger partial charge in [-0.1, -0.05) is 24.3 Å². The number of hydrogen-bond acceptors (Lipinski definition) is 3. The van der Waals surface area contributed by atoms with Crippen LogP contribution in [-0.2, 0) is 0 Å². The minimum Gasteiger partial charge on any atom is -0.247 e. The first-order chi connectivity index (χ1) is 7.43. The van der Waals surface area contributed by atoms with Crippen LogP contribution in [0.1, 0.15) is 0 Å². The molecular formula is C12H8N2S. The monoisotopic (exact) mass is 212 g/mol. The smallest absolute Gasteiger partial charge is 0.0825 e. The SMILES string of the molecule is c1ccc2nc(-c3ccns3)ccc2c1. The Bertz CT molecular complexity index is 587. The van der Waals surface area contributed by atoms with Gasteiger partial charge in [-0.3, -0.25) is 0 Å². The fourth-order valence-corrected chi connectivity index (χ4v) is 2.12. The van der Waals surface area contributed by atoms with Gasteiger partial charge in [0.05, 0.1) is 16.1 Å². The molecular weight excluding hydrogens is 204 g/mol.